The number of rotatable bonds is 6. The number of thioether (sulfide) groups is 1. The van der Waals surface area contributed by atoms with E-state index in [1.54, 1.807) is 49.8 Å². The van der Waals surface area contributed by atoms with E-state index in [2.05, 4.69) is 15.3 Å². The number of methoxy groups -OCH3 is 1. The lowest BCUT2D eigenvalue weighted by atomic mass is 10.2. The molecule has 0 saturated heterocycles. The molecule has 0 bridgehead atoms. The first kappa shape index (κ1) is 19.7. The average Bonchev–Trinajstić information content (AvgIpc) is 3.32. The monoisotopic (exact) mass is 419 g/mol. The number of para-hydroxylation sites is 1. The number of ether oxygens (including phenoxy) is 1. The Balaban J connectivity index is 1.48. The largest absolute Gasteiger partial charge is 0.497 e. The van der Waals surface area contributed by atoms with Gasteiger partial charge < -0.3 is 9.15 Å². The Hall–Kier alpha value is -3.65. The number of carbonyl (C=O) groups excluding carboxylic acids is 2. The van der Waals surface area contributed by atoms with Crippen molar-refractivity contribution in [3.63, 3.8) is 0 Å². The number of carbonyl (C=O) groups is 2. The van der Waals surface area contributed by atoms with Crippen LogP contribution in [0.1, 0.15) is 10.4 Å². The lowest BCUT2D eigenvalue weighted by Crippen LogP contribution is -2.31. The summed E-state index contributed by atoms with van der Waals surface area (Å²) in [5, 5.41) is 3.86. The van der Waals surface area contributed by atoms with Crippen molar-refractivity contribution in [1.82, 2.24) is 15.3 Å². The smallest absolute Gasteiger partial charge is 0.257 e. The number of furan rings is 1. The van der Waals surface area contributed by atoms with Gasteiger partial charge >= 0.3 is 0 Å². The van der Waals surface area contributed by atoms with Gasteiger partial charge in [-0.25, -0.2) is 9.97 Å². The van der Waals surface area contributed by atoms with Crippen LogP contribution in [0.4, 0.5) is 0 Å². The van der Waals surface area contributed by atoms with Gasteiger partial charge in [0.25, 0.3) is 5.91 Å². The van der Waals surface area contributed by atoms with Crippen LogP contribution >= 0.6 is 11.8 Å². The van der Waals surface area contributed by atoms with Gasteiger partial charge in [0.15, 0.2) is 11.6 Å². The molecule has 2 aromatic heterocycles. The molecule has 2 heterocycles. The summed E-state index contributed by atoms with van der Waals surface area (Å²) in [5.74, 6) is 0.768. The van der Waals surface area contributed by atoms with Crippen LogP contribution < -0.4 is 10.1 Å². The first-order chi connectivity index (χ1) is 14.6. The summed E-state index contributed by atoms with van der Waals surface area (Å²) < 4.78 is 10.5. The highest BCUT2D eigenvalue weighted by molar-refractivity contribution is 8.00. The second-order valence-corrected chi connectivity index (χ2v) is 7.21. The number of aromatic nitrogens is 2. The molecule has 0 spiro atoms. The minimum absolute atomic E-state index is 0.0283. The number of nitrogens with zero attached hydrogens (tertiary/aromatic N) is 2. The fourth-order valence-corrected chi connectivity index (χ4v) is 3.60. The highest BCUT2D eigenvalue weighted by Crippen LogP contribution is 2.28. The molecule has 30 heavy (non-hydrogen) atoms. The van der Waals surface area contributed by atoms with Gasteiger partial charge in [-0.3, -0.25) is 14.9 Å². The molecule has 2 aromatic carbocycles. The first-order valence-electron chi connectivity index (χ1n) is 9.06. The number of hydrogen-bond acceptors (Lipinski definition) is 7. The fourth-order valence-electron chi connectivity index (χ4n) is 2.78. The molecule has 150 valence electrons. The van der Waals surface area contributed by atoms with Crippen molar-refractivity contribution in [2.24, 2.45) is 0 Å². The molecule has 4 aromatic rings. The summed E-state index contributed by atoms with van der Waals surface area (Å²) in [6.07, 6.45) is 1.55. The molecule has 7 nitrogen and oxygen atoms in total. The van der Waals surface area contributed by atoms with Gasteiger partial charge in [0, 0.05) is 10.9 Å². The van der Waals surface area contributed by atoms with Crippen molar-refractivity contribution < 1.29 is 18.7 Å². The summed E-state index contributed by atoms with van der Waals surface area (Å²) in [5.41, 5.74) is 1.12. The van der Waals surface area contributed by atoms with Crippen LogP contribution in [0.25, 0.3) is 22.5 Å². The van der Waals surface area contributed by atoms with E-state index >= 15 is 0 Å². The van der Waals surface area contributed by atoms with Crippen LogP contribution in [0.5, 0.6) is 5.75 Å². The molecule has 0 aliphatic carbocycles. The zero-order chi connectivity index (χ0) is 20.9. The second kappa shape index (κ2) is 8.79. The predicted octanol–water partition coefficient (Wildman–Crippen LogP) is 3.95. The molecular weight excluding hydrogens is 402 g/mol. The van der Waals surface area contributed by atoms with Crippen LogP contribution in [0, 0.1) is 0 Å². The molecule has 0 unspecified atom stereocenters. The van der Waals surface area contributed by atoms with Crippen LogP contribution in [0.2, 0.25) is 0 Å². The number of amides is 2. The summed E-state index contributed by atoms with van der Waals surface area (Å²) in [4.78, 5) is 33.7. The van der Waals surface area contributed by atoms with E-state index in [0.717, 1.165) is 10.9 Å². The van der Waals surface area contributed by atoms with Gasteiger partial charge in [-0.15, -0.1) is 0 Å². The van der Waals surface area contributed by atoms with Crippen LogP contribution in [0.3, 0.4) is 0 Å². The van der Waals surface area contributed by atoms with E-state index in [1.165, 1.54) is 11.8 Å². The van der Waals surface area contributed by atoms with E-state index in [1.807, 2.05) is 24.3 Å². The van der Waals surface area contributed by atoms with Gasteiger partial charge in [-0.1, -0.05) is 30.0 Å². The summed E-state index contributed by atoms with van der Waals surface area (Å²) in [6.45, 7) is 0. The van der Waals surface area contributed by atoms with E-state index < -0.39 is 11.8 Å². The van der Waals surface area contributed by atoms with E-state index in [-0.39, 0.29) is 5.75 Å². The molecule has 0 atom stereocenters. The molecule has 8 heteroatoms. The summed E-state index contributed by atoms with van der Waals surface area (Å²) in [7, 11) is 1.55. The number of benzene rings is 2. The fraction of sp³-hybridized carbons (Fsp3) is 0.0909. The predicted molar refractivity (Wildman–Crippen MR) is 113 cm³/mol. The van der Waals surface area contributed by atoms with Crippen molar-refractivity contribution in [3.8, 4) is 17.3 Å². The highest BCUT2D eigenvalue weighted by Gasteiger charge is 2.15. The highest BCUT2D eigenvalue weighted by atomic mass is 32.2. The molecule has 0 fully saturated rings. The maximum atomic E-state index is 12.3. The van der Waals surface area contributed by atoms with Crippen molar-refractivity contribution in [2.75, 3.05) is 12.9 Å². The maximum Gasteiger partial charge on any atom is 0.257 e. The summed E-state index contributed by atoms with van der Waals surface area (Å²) in [6, 6.07) is 17.6. The van der Waals surface area contributed by atoms with Gasteiger partial charge in [-0.2, -0.15) is 0 Å². The second-order valence-electron chi connectivity index (χ2n) is 6.24. The van der Waals surface area contributed by atoms with Crippen molar-refractivity contribution >= 4 is 34.5 Å². The van der Waals surface area contributed by atoms with Gasteiger partial charge in [0.05, 0.1) is 24.6 Å². The van der Waals surface area contributed by atoms with E-state index in [9.17, 15) is 9.59 Å². The van der Waals surface area contributed by atoms with E-state index in [0.29, 0.717) is 27.9 Å². The molecule has 0 radical (unpaired) electrons. The molecule has 2 amide bonds. The van der Waals surface area contributed by atoms with Gasteiger partial charge in [0.1, 0.15) is 10.8 Å². The standard InChI is InChI=1S/C22H17N3O4S/c1-28-15-10-8-14(9-11-15)21(27)24-19(26)13-30-22-16-5-2-3-6-17(16)23-20(25-22)18-7-4-12-29-18/h2-12H,13H2,1H3,(H,24,26,27). The Morgan fingerprint density at radius 3 is 2.57 bits per heavy atom. The molecule has 0 aliphatic rings. The average molecular weight is 419 g/mol. The molecule has 4 rings (SSSR count). The molecule has 0 saturated carbocycles. The lowest BCUT2D eigenvalue weighted by molar-refractivity contribution is -0.117. The number of hydrogen-bond donors (Lipinski definition) is 1. The Bertz CT molecular complexity index is 1190. The van der Waals surface area contributed by atoms with Gasteiger partial charge in [0.2, 0.25) is 5.91 Å². The van der Waals surface area contributed by atoms with Gasteiger partial charge in [-0.05, 0) is 42.5 Å². The Kier molecular flexibility index (Phi) is 5.76. The first-order valence-corrected chi connectivity index (χ1v) is 10.0. The maximum absolute atomic E-state index is 12.3. The van der Waals surface area contributed by atoms with Crippen LogP contribution in [0.15, 0.2) is 76.4 Å². The minimum Gasteiger partial charge on any atom is -0.497 e. The zero-order valence-electron chi connectivity index (χ0n) is 16.0. The molecular formula is C22H17N3O4S. The van der Waals surface area contributed by atoms with Crippen LogP contribution in [-0.2, 0) is 4.79 Å². The third-order valence-electron chi connectivity index (χ3n) is 4.25. The third kappa shape index (κ3) is 4.33. The number of fused-ring (bicyclic) bond motifs is 1. The Labute approximate surface area is 176 Å². The van der Waals surface area contributed by atoms with E-state index in [4.69, 9.17) is 9.15 Å². The van der Waals surface area contributed by atoms with Crippen LogP contribution in [-0.4, -0.2) is 34.6 Å². The topological polar surface area (TPSA) is 94.3 Å². The third-order valence-corrected chi connectivity index (χ3v) is 5.25. The normalized spacial score (nSPS) is 10.7. The summed E-state index contributed by atoms with van der Waals surface area (Å²) >= 11 is 1.24. The Morgan fingerprint density at radius 2 is 1.83 bits per heavy atom. The van der Waals surface area contributed by atoms with Crippen molar-refractivity contribution in [3.05, 3.63) is 72.5 Å². The molecule has 0 aliphatic heterocycles. The SMILES string of the molecule is COc1ccc(C(=O)NC(=O)CSc2nc(-c3ccco3)nc3ccccc23)cc1. The minimum atomic E-state index is -0.466. The van der Waals surface area contributed by atoms with Crippen molar-refractivity contribution in [2.45, 2.75) is 5.03 Å². The lowest BCUT2D eigenvalue weighted by Gasteiger charge is -2.08. The number of nitrogens with one attached hydrogen (secondary N) is 1. The van der Waals surface area contributed by atoms with Crippen molar-refractivity contribution in [1.29, 1.82) is 0 Å². The molecule has 1 N–H and O–H groups in total. The quantitative estimate of drug-likeness (QED) is 0.374. The number of imide groups is 1. The Morgan fingerprint density at radius 1 is 1.03 bits per heavy atom. The zero-order valence-corrected chi connectivity index (χ0v) is 16.8.